The Morgan fingerprint density at radius 1 is 0.958 bits per heavy atom. The maximum absolute atomic E-state index is 12.9. The minimum atomic E-state index is -0.293. The average Bonchev–Trinajstić information content (AvgIpc) is 2.51. The van der Waals surface area contributed by atoms with Crippen LogP contribution in [0, 0.1) is 5.82 Å². The smallest absolute Gasteiger partial charge is 0.279 e. The fourth-order valence-electron chi connectivity index (χ4n) is 2.88. The molecule has 1 N–H and O–H groups in total. The molecule has 0 aliphatic rings. The summed E-state index contributed by atoms with van der Waals surface area (Å²) in [6.45, 7) is 3.69. The van der Waals surface area contributed by atoms with Crippen molar-refractivity contribution >= 4 is 11.6 Å². The van der Waals surface area contributed by atoms with Crippen LogP contribution in [0.15, 0.2) is 24.3 Å². The highest BCUT2D eigenvalue weighted by Gasteiger charge is 2.19. The molecule has 0 aliphatic heterocycles. The highest BCUT2D eigenvalue weighted by atomic mass is 19.1. The summed E-state index contributed by atoms with van der Waals surface area (Å²) in [6.07, 6.45) is 10.4. The van der Waals surface area contributed by atoms with Gasteiger partial charge in [0, 0.05) is 5.69 Å². The number of carbonyl (C=O) groups is 1. The second-order valence-corrected chi connectivity index (χ2v) is 7.35. The Bertz CT molecular complexity index is 471. The molecule has 1 aromatic carbocycles. The van der Waals surface area contributed by atoms with Crippen molar-refractivity contribution in [3.63, 3.8) is 0 Å². The zero-order valence-electron chi connectivity index (χ0n) is 15.6. The van der Waals surface area contributed by atoms with Gasteiger partial charge in [0.2, 0.25) is 0 Å². The number of rotatable bonds is 12. The van der Waals surface area contributed by atoms with Gasteiger partial charge in [-0.05, 0) is 37.1 Å². The molecule has 0 bridgehead atoms. The molecule has 1 aromatic rings. The Kier molecular flexibility index (Phi) is 9.62. The minimum absolute atomic E-state index is 0.0221. The van der Waals surface area contributed by atoms with Crippen molar-refractivity contribution in [3.05, 3.63) is 30.1 Å². The number of benzene rings is 1. The Hall–Kier alpha value is -1.42. The van der Waals surface area contributed by atoms with Crippen LogP contribution in [0.1, 0.15) is 58.3 Å². The molecule has 0 heterocycles. The molecule has 0 saturated heterocycles. The topological polar surface area (TPSA) is 29.1 Å². The third-order valence-electron chi connectivity index (χ3n) is 4.32. The highest BCUT2D eigenvalue weighted by molar-refractivity contribution is 5.91. The number of hydrogen-bond acceptors (Lipinski definition) is 1. The Balaban J connectivity index is 2.18. The number of nitrogens with zero attached hydrogens (tertiary/aromatic N) is 1. The normalized spacial score (nSPS) is 11.5. The molecular formula is C20H34FN2O+. The molecule has 0 aliphatic carbocycles. The number of unbranched alkanes of at least 4 members (excludes halogenated alkanes) is 7. The van der Waals surface area contributed by atoms with E-state index in [2.05, 4.69) is 26.3 Å². The van der Waals surface area contributed by atoms with E-state index in [0.29, 0.717) is 16.7 Å². The summed E-state index contributed by atoms with van der Waals surface area (Å²) >= 11 is 0. The molecule has 3 nitrogen and oxygen atoms in total. The van der Waals surface area contributed by atoms with Gasteiger partial charge in [0.15, 0.2) is 6.54 Å². The SMILES string of the molecule is CCCCCCCCCC[N+](C)(C)CC(=O)Nc1ccc(F)cc1. The van der Waals surface area contributed by atoms with Crippen LogP contribution in [0.3, 0.4) is 0 Å². The maximum Gasteiger partial charge on any atom is 0.279 e. The molecule has 0 atom stereocenters. The fraction of sp³-hybridized carbons (Fsp3) is 0.650. The lowest BCUT2D eigenvalue weighted by atomic mass is 10.1. The summed E-state index contributed by atoms with van der Waals surface area (Å²) in [6, 6.07) is 5.89. The molecule has 0 radical (unpaired) electrons. The molecule has 0 aromatic heterocycles. The first kappa shape index (κ1) is 20.6. The lowest BCUT2D eigenvalue weighted by Gasteiger charge is -2.29. The number of nitrogens with one attached hydrogen (secondary N) is 1. The number of anilines is 1. The number of halogens is 1. The maximum atomic E-state index is 12.9. The lowest BCUT2D eigenvalue weighted by Crippen LogP contribution is -2.46. The highest BCUT2D eigenvalue weighted by Crippen LogP contribution is 2.11. The fourth-order valence-corrected chi connectivity index (χ4v) is 2.88. The molecule has 0 spiro atoms. The molecule has 4 heteroatoms. The van der Waals surface area contributed by atoms with Crippen LogP contribution in [0.2, 0.25) is 0 Å². The predicted molar refractivity (Wildman–Crippen MR) is 99.5 cm³/mol. The summed E-state index contributed by atoms with van der Waals surface area (Å²) in [5.41, 5.74) is 0.647. The van der Waals surface area contributed by atoms with Crippen molar-refractivity contribution in [1.82, 2.24) is 0 Å². The molecule has 24 heavy (non-hydrogen) atoms. The van der Waals surface area contributed by atoms with Crippen molar-refractivity contribution < 1.29 is 13.7 Å². The molecule has 1 rings (SSSR count). The summed E-state index contributed by atoms with van der Waals surface area (Å²) < 4.78 is 13.6. The van der Waals surface area contributed by atoms with Crippen molar-refractivity contribution in [1.29, 1.82) is 0 Å². The van der Waals surface area contributed by atoms with E-state index in [0.717, 1.165) is 13.0 Å². The molecule has 1 amide bonds. The van der Waals surface area contributed by atoms with Crippen molar-refractivity contribution in [3.8, 4) is 0 Å². The second kappa shape index (κ2) is 11.2. The van der Waals surface area contributed by atoms with Crippen LogP contribution in [-0.4, -0.2) is 37.6 Å². The third-order valence-corrected chi connectivity index (χ3v) is 4.32. The zero-order valence-corrected chi connectivity index (χ0v) is 15.6. The van der Waals surface area contributed by atoms with Gasteiger partial charge in [-0.25, -0.2) is 4.39 Å². The zero-order chi connectivity index (χ0) is 17.8. The van der Waals surface area contributed by atoms with E-state index in [1.54, 1.807) is 12.1 Å². The van der Waals surface area contributed by atoms with Crippen LogP contribution >= 0.6 is 0 Å². The van der Waals surface area contributed by atoms with E-state index >= 15 is 0 Å². The lowest BCUT2D eigenvalue weighted by molar-refractivity contribution is -0.882. The van der Waals surface area contributed by atoms with Gasteiger partial charge in [0.25, 0.3) is 5.91 Å². The Labute approximate surface area is 146 Å². The van der Waals surface area contributed by atoms with Gasteiger partial charge in [-0.15, -0.1) is 0 Å². The first-order valence-corrected chi connectivity index (χ1v) is 9.30. The van der Waals surface area contributed by atoms with E-state index in [1.165, 1.54) is 57.1 Å². The van der Waals surface area contributed by atoms with Crippen molar-refractivity contribution in [2.75, 3.05) is 32.5 Å². The Morgan fingerprint density at radius 3 is 2.08 bits per heavy atom. The molecule has 0 fully saturated rings. The van der Waals surface area contributed by atoms with E-state index in [9.17, 15) is 9.18 Å². The van der Waals surface area contributed by atoms with E-state index < -0.39 is 0 Å². The largest absolute Gasteiger partial charge is 0.321 e. The first-order chi connectivity index (χ1) is 11.4. The van der Waals surface area contributed by atoms with E-state index in [1.807, 2.05) is 0 Å². The third kappa shape index (κ3) is 9.66. The van der Waals surface area contributed by atoms with Gasteiger partial charge in [-0.3, -0.25) is 4.79 Å². The second-order valence-electron chi connectivity index (χ2n) is 7.35. The van der Waals surface area contributed by atoms with Gasteiger partial charge in [0.05, 0.1) is 20.6 Å². The molecular weight excluding hydrogens is 303 g/mol. The Morgan fingerprint density at radius 2 is 1.50 bits per heavy atom. The van der Waals surface area contributed by atoms with Crippen LogP contribution in [0.25, 0.3) is 0 Å². The number of amides is 1. The number of hydrogen-bond donors (Lipinski definition) is 1. The molecule has 136 valence electrons. The summed E-state index contributed by atoms with van der Waals surface area (Å²) in [5, 5.41) is 2.83. The standard InChI is InChI=1S/C20H33FN2O/c1-4-5-6-7-8-9-10-11-16-23(2,3)17-20(24)22-19-14-12-18(21)13-15-19/h12-15H,4-11,16-17H2,1-3H3/p+1. The van der Waals surface area contributed by atoms with E-state index in [4.69, 9.17) is 0 Å². The first-order valence-electron chi connectivity index (χ1n) is 9.30. The summed E-state index contributed by atoms with van der Waals surface area (Å²) in [5.74, 6) is -0.315. The van der Waals surface area contributed by atoms with Gasteiger partial charge >= 0.3 is 0 Å². The minimum Gasteiger partial charge on any atom is -0.321 e. The number of quaternary nitrogens is 1. The van der Waals surface area contributed by atoms with Gasteiger partial charge in [-0.1, -0.05) is 45.4 Å². The number of likely N-dealkylation sites (N-methyl/N-ethyl adjacent to an activating group) is 1. The van der Waals surface area contributed by atoms with Gasteiger partial charge in [0.1, 0.15) is 5.82 Å². The monoisotopic (exact) mass is 337 g/mol. The van der Waals surface area contributed by atoms with Crippen LogP contribution in [-0.2, 0) is 4.79 Å². The van der Waals surface area contributed by atoms with Gasteiger partial charge in [-0.2, -0.15) is 0 Å². The predicted octanol–water partition coefficient (Wildman–Crippen LogP) is 4.98. The van der Waals surface area contributed by atoms with Crippen LogP contribution in [0.5, 0.6) is 0 Å². The molecule has 0 saturated carbocycles. The van der Waals surface area contributed by atoms with Gasteiger partial charge < -0.3 is 9.80 Å². The molecule has 0 unspecified atom stereocenters. The van der Waals surface area contributed by atoms with Crippen LogP contribution in [0.4, 0.5) is 10.1 Å². The quantitative estimate of drug-likeness (QED) is 0.423. The summed E-state index contributed by atoms with van der Waals surface area (Å²) in [4.78, 5) is 12.1. The number of carbonyl (C=O) groups excluding carboxylic acids is 1. The van der Waals surface area contributed by atoms with Crippen LogP contribution < -0.4 is 5.32 Å². The summed E-state index contributed by atoms with van der Waals surface area (Å²) in [7, 11) is 4.18. The van der Waals surface area contributed by atoms with Crippen molar-refractivity contribution in [2.45, 2.75) is 58.3 Å². The average molecular weight is 338 g/mol. The van der Waals surface area contributed by atoms with Crippen molar-refractivity contribution in [2.24, 2.45) is 0 Å². The van der Waals surface area contributed by atoms with E-state index in [-0.39, 0.29) is 11.7 Å².